The zero-order valence-electron chi connectivity index (χ0n) is 13.6. The number of rotatable bonds is 3. The van der Waals surface area contributed by atoms with Gasteiger partial charge in [-0.15, -0.1) is 0 Å². The van der Waals surface area contributed by atoms with Gasteiger partial charge in [0.2, 0.25) is 0 Å². The van der Waals surface area contributed by atoms with Gasteiger partial charge in [-0.3, -0.25) is 0 Å². The van der Waals surface area contributed by atoms with Crippen molar-refractivity contribution < 1.29 is 9.84 Å². The Balaban J connectivity index is 1.73. The molecule has 2 saturated heterocycles. The van der Waals surface area contributed by atoms with Gasteiger partial charge in [0.1, 0.15) is 0 Å². The highest BCUT2D eigenvalue weighted by Gasteiger charge is 2.49. The van der Waals surface area contributed by atoms with E-state index >= 15 is 0 Å². The van der Waals surface area contributed by atoms with Gasteiger partial charge < -0.3 is 14.7 Å². The summed E-state index contributed by atoms with van der Waals surface area (Å²) in [4.78, 5) is 2.31. The summed E-state index contributed by atoms with van der Waals surface area (Å²) in [6.07, 6.45) is 9.11. The van der Waals surface area contributed by atoms with Crippen LogP contribution in [0.15, 0.2) is 0 Å². The topological polar surface area (TPSA) is 32.7 Å². The van der Waals surface area contributed by atoms with Gasteiger partial charge in [-0.05, 0) is 70.0 Å². The molecule has 0 aromatic carbocycles. The van der Waals surface area contributed by atoms with Crippen LogP contribution < -0.4 is 0 Å². The zero-order valence-corrected chi connectivity index (χ0v) is 14.5. The Morgan fingerprint density at radius 1 is 1.14 bits per heavy atom. The number of hydrogen-bond donors (Lipinski definition) is 1. The average Bonchev–Trinajstić information content (AvgIpc) is 2.98. The molecule has 0 amide bonds. The molecule has 4 heteroatoms. The van der Waals surface area contributed by atoms with Gasteiger partial charge in [-0.2, -0.15) is 11.8 Å². The molecule has 1 N–H and O–H groups in total. The van der Waals surface area contributed by atoms with Gasteiger partial charge in [0.25, 0.3) is 0 Å². The van der Waals surface area contributed by atoms with Crippen LogP contribution in [0.2, 0.25) is 0 Å². The van der Waals surface area contributed by atoms with Crippen LogP contribution in [-0.4, -0.2) is 59.5 Å². The van der Waals surface area contributed by atoms with Crippen molar-refractivity contribution in [2.45, 2.75) is 68.6 Å². The zero-order chi connectivity index (χ0) is 14.9. The molecule has 122 valence electrons. The monoisotopic (exact) mass is 313 g/mol. The van der Waals surface area contributed by atoms with Crippen LogP contribution in [0.3, 0.4) is 0 Å². The lowest BCUT2D eigenvalue weighted by molar-refractivity contribution is -0.140. The molecule has 3 nitrogen and oxygen atoms in total. The normalized spacial score (nSPS) is 33.4. The Bertz CT molecular complexity index is 343. The van der Waals surface area contributed by atoms with E-state index in [2.05, 4.69) is 30.8 Å². The molecule has 1 aliphatic carbocycles. The first-order chi connectivity index (χ1) is 10.1. The second kappa shape index (κ2) is 6.38. The minimum Gasteiger partial charge on any atom is -0.391 e. The summed E-state index contributed by atoms with van der Waals surface area (Å²) in [5.41, 5.74) is 0.105. The van der Waals surface area contributed by atoms with Crippen LogP contribution >= 0.6 is 11.8 Å². The van der Waals surface area contributed by atoms with Gasteiger partial charge >= 0.3 is 0 Å². The maximum atomic E-state index is 11.2. The van der Waals surface area contributed by atoms with Gasteiger partial charge in [0, 0.05) is 12.1 Å². The third-order valence-corrected chi connectivity index (χ3v) is 7.28. The summed E-state index contributed by atoms with van der Waals surface area (Å²) in [5, 5.41) is 11.2. The summed E-state index contributed by atoms with van der Waals surface area (Å²) < 4.78 is 6.20. The highest BCUT2D eigenvalue weighted by Crippen LogP contribution is 2.46. The number of aliphatic hydroxyl groups excluding tert-OH is 1. The maximum absolute atomic E-state index is 11.2. The van der Waals surface area contributed by atoms with Crippen molar-refractivity contribution in [3.63, 3.8) is 0 Å². The van der Waals surface area contributed by atoms with Gasteiger partial charge in [-0.25, -0.2) is 0 Å². The van der Waals surface area contributed by atoms with Crippen LogP contribution in [0, 0.1) is 5.92 Å². The molecule has 21 heavy (non-hydrogen) atoms. The fourth-order valence-corrected chi connectivity index (χ4v) is 6.10. The quantitative estimate of drug-likeness (QED) is 0.868. The molecule has 1 saturated carbocycles. The van der Waals surface area contributed by atoms with Gasteiger partial charge in [-0.1, -0.05) is 12.8 Å². The van der Waals surface area contributed by atoms with Crippen LogP contribution in [0.4, 0.5) is 0 Å². The fraction of sp³-hybridized carbons (Fsp3) is 1.00. The molecule has 0 bridgehead atoms. The predicted octanol–water partition coefficient (Wildman–Crippen LogP) is 2.91. The smallest absolute Gasteiger partial charge is 0.0753 e. The number of likely N-dealkylation sites (N-methyl/N-ethyl adjacent to an activating group) is 1. The second-order valence-corrected chi connectivity index (χ2v) is 8.77. The van der Waals surface area contributed by atoms with E-state index < -0.39 is 0 Å². The second-order valence-electron chi connectivity index (χ2n) is 7.55. The standard InChI is InChI=1S/C17H31NO2S/c1-18(2)17(6-3-4-7-17)15(19)14-5-10-20-16(13-14)8-11-21-12-9-16/h14-15,19H,3-13H2,1-2H3. The van der Waals surface area contributed by atoms with Crippen molar-refractivity contribution in [3.8, 4) is 0 Å². The maximum Gasteiger partial charge on any atom is 0.0753 e. The molecular formula is C17H31NO2S. The van der Waals surface area contributed by atoms with E-state index in [9.17, 15) is 5.11 Å². The van der Waals surface area contributed by atoms with E-state index in [0.29, 0.717) is 5.92 Å². The van der Waals surface area contributed by atoms with Crippen molar-refractivity contribution >= 4 is 11.8 Å². The Hall–Kier alpha value is 0.230. The molecular weight excluding hydrogens is 282 g/mol. The summed E-state index contributed by atoms with van der Waals surface area (Å²) in [6.45, 7) is 0.843. The summed E-state index contributed by atoms with van der Waals surface area (Å²) in [6, 6.07) is 0. The molecule has 3 aliphatic rings. The van der Waals surface area contributed by atoms with Gasteiger partial charge in [0.15, 0.2) is 0 Å². The van der Waals surface area contributed by atoms with E-state index in [1.807, 2.05) is 0 Å². The molecule has 3 rings (SSSR count). The molecule has 2 heterocycles. The highest BCUT2D eigenvalue weighted by molar-refractivity contribution is 7.99. The van der Waals surface area contributed by atoms with E-state index in [1.54, 1.807) is 0 Å². The highest BCUT2D eigenvalue weighted by atomic mass is 32.2. The number of nitrogens with zero attached hydrogens (tertiary/aromatic N) is 1. The molecule has 2 aliphatic heterocycles. The number of hydrogen-bond acceptors (Lipinski definition) is 4. The predicted molar refractivity (Wildman–Crippen MR) is 88.9 cm³/mol. The van der Waals surface area contributed by atoms with E-state index in [-0.39, 0.29) is 17.2 Å². The lowest BCUT2D eigenvalue weighted by Gasteiger charge is -2.49. The Morgan fingerprint density at radius 2 is 1.81 bits per heavy atom. The first kappa shape index (κ1) is 16.1. The first-order valence-corrected chi connectivity index (χ1v) is 9.81. The first-order valence-electron chi connectivity index (χ1n) is 8.65. The Morgan fingerprint density at radius 3 is 2.43 bits per heavy atom. The number of thioether (sulfide) groups is 1. The lowest BCUT2D eigenvalue weighted by atomic mass is 9.73. The summed E-state index contributed by atoms with van der Waals surface area (Å²) in [5.74, 6) is 2.87. The molecule has 1 spiro atoms. The van der Waals surface area contributed by atoms with E-state index in [1.165, 1.54) is 37.2 Å². The van der Waals surface area contributed by atoms with E-state index in [4.69, 9.17) is 4.74 Å². The minimum absolute atomic E-state index is 0.0204. The third kappa shape index (κ3) is 3.01. The van der Waals surface area contributed by atoms with Crippen LogP contribution in [0.1, 0.15) is 51.4 Å². The van der Waals surface area contributed by atoms with Crippen LogP contribution in [0.25, 0.3) is 0 Å². The van der Waals surface area contributed by atoms with Crippen molar-refractivity contribution in [1.82, 2.24) is 4.90 Å². The summed E-state index contributed by atoms with van der Waals surface area (Å²) >= 11 is 2.05. The molecule has 0 aromatic rings. The largest absolute Gasteiger partial charge is 0.391 e. The fourth-order valence-electron chi connectivity index (χ4n) is 4.86. The summed E-state index contributed by atoms with van der Waals surface area (Å²) in [7, 11) is 4.31. The number of ether oxygens (including phenoxy) is 1. The minimum atomic E-state index is -0.189. The third-order valence-electron chi connectivity index (χ3n) is 6.29. The van der Waals surface area contributed by atoms with E-state index in [0.717, 1.165) is 32.3 Å². The Kier molecular flexibility index (Phi) is 4.90. The van der Waals surface area contributed by atoms with Crippen molar-refractivity contribution in [3.05, 3.63) is 0 Å². The van der Waals surface area contributed by atoms with Crippen LogP contribution in [0.5, 0.6) is 0 Å². The van der Waals surface area contributed by atoms with Crippen molar-refractivity contribution in [1.29, 1.82) is 0 Å². The van der Waals surface area contributed by atoms with Crippen molar-refractivity contribution in [2.24, 2.45) is 5.92 Å². The van der Waals surface area contributed by atoms with Crippen molar-refractivity contribution in [2.75, 3.05) is 32.2 Å². The molecule has 3 fully saturated rings. The number of aliphatic hydroxyl groups is 1. The molecule has 2 unspecified atom stereocenters. The van der Waals surface area contributed by atoms with Gasteiger partial charge in [0.05, 0.1) is 11.7 Å². The SMILES string of the molecule is CN(C)C1(C(O)C2CCOC3(CCSCC3)C2)CCCC1. The Labute approximate surface area is 133 Å². The molecule has 2 atom stereocenters. The van der Waals surface area contributed by atoms with Crippen LogP contribution in [-0.2, 0) is 4.74 Å². The lowest BCUT2D eigenvalue weighted by Crippen LogP contribution is -2.57. The average molecular weight is 314 g/mol. The molecule has 0 radical (unpaired) electrons. The molecule has 0 aromatic heterocycles.